The molecule has 2 aliphatic rings. The number of hydrogen-bond donors (Lipinski definition) is 0. The second kappa shape index (κ2) is 14.4. The highest BCUT2D eigenvalue weighted by Crippen LogP contribution is 2.30. The van der Waals surface area contributed by atoms with Gasteiger partial charge in [0.05, 0.1) is 37.6 Å². The van der Waals surface area contributed by atoms with Crippen LogP contribution in [0.3, 0.4) is 0 Å². The van der Waals surface area contributed by atoms with Gasteiger partial charge in [0.2, 0.25) is 0 Å². The highest BCUT2D eigenvalue weighted by atomic mass is 16.7. The van der Waals surface area contributed by atoms with Crippen molar-refractivity contribution in [3.63, 3.8) is 0 Å². The van der Waals surface area contributed by atoms with Crippen molar-refractivity contribution in [2.45, 2.75) is 37.3 Å². The largest absolute Gasteiger partial charge is 0.513 e. The number of rotatable bonds is 12. The van der Waals surface area contributed by atoms with Crippen molar-refractivity contribution in [1.82, 2.24) is 0 Å². The third kappa shape index (κ3) is 8.13. The van der Waals surface area contributed by atoms with E-state index in [9.17, 15) is 19.2 Å². The summed E-state index contributed by atoms with van der Waals surface area (Å²) >= 11 is 0. The normalized spacial score (nSPS) is 20.9. The number of hydrogen-bond acceptors (Lipinski definition) is 12. The van der Waals surface area contributed by atoms with Gasteiger partial charge in [-0.1, -0.05) is 6.58 Å². The van der Waals surface area contributed by atoms with E-state index in [0.717, 1.165) is 6.08 Å². The first-order valence-corrected chi connectivity index (χ1v) is 12.9. The predicted octanol–water partition coefficient (Wildman–Crippen LogP) is 3.27. The topological polar surface area (TPSA) is 142 Å². The van der Waals surface area contributed by atoms with Gasteiger partial charge in [-0.25, -0.2) is 19.2 Å². The molecule has 12 nitrogen and oxygen atoms in total. The second-order valence-electron chi connectivity index (χ2n) is 9.03. The van der Waals surface area contributed by atoms with Crippen molar-refractivity contribution in [1.29, 1.82) is 0 Å². The number of benzene rings is 2. The molecular formula is C29H30O12. The minimum Gasteiger partial charge on any atom is -0.463 e. The van der Waals surface area contributed by atoms with Crippen molar-refractivity contribution in [3.05, 3.63) is 72.3 Å². The molecule has 12 heteroatoms. The van der Waals surface area contributed by atoms with Crippen molar-refractivity contribution in [2.24, 2.45) is 0 Å². The Morgan fingerprint density at radius 2 is 1.32 bits per heavy atom. The van der Waals surface area contributed by atoms with Crippen LogP contribution in [0.4, 0.5) is 4.79 Å². The van der Waals surface area contributed by atoms with Crippen LogP contribution in [0.2, 0.25) is 0 Å². The maximum atomic E-state index is 12.6. The Labute approximate surface area is 236 Å². The lowest BCUT2D eigenvalue weighted by Crippen LogP contribution is -2.34. The maximum absolute atomic E-state index is 12.6. The smallest absolute Gasteiger partial charge is 0.463 e. The van der Waals surface area contributed by atoms with E-state index < -0.39 is 30.2 Å². The van der Waals surface area contributed by atoms with E-state index in [1.54, 1.807) is 7.11 Å². The van der Waals surface area contributed by atoms with Gasteiger partial charge in [0.1, 0.15) is 29.8 Å². The van der Waals surface area contributed by atoms with Crippen molar-refractivity contribution in [2.75, 3.05) is 33.5 Å². The SMILES string of the molecule is C=CC(=O)OCCCCOC(=O)Oc1ccc(C(=O)Oc2ccc(C(=O)O[C@H]3COC4C3OC[C@H]4OC)cc2)cc1. The molecule has 218 valence electrons. The lowest BCUT2D eigenvalue weighted by molar-refractivity contribution is -0.137. The molecule has 0 bridgehead atoms. The van der Waals surface area contributed by atoms with E-state index >= 15 is 0 Å². The third-order valence-corrected chi connectivity index (χ3v) is 6.29. The van der Waals surface area contributed by atoms with Crippen molar-refractivity contribution >= 4 is 24.1 Å². The number of ether oxygens (including phenoxy) is 8. The van der Waals surface area contributed by atoms with Gasteiger partial charge in [0, 0.05) is 13.2 Å². The summed E-state index contributed by atoms with van der Waals surface area (Å²) in [4.78, 5) is 47.9. The van der Waals surface area contributed by atoms with Gasteiger partial charge in [-0.05, 0) is 61.4 Å². The molecule has 0 aliphatic carbocycles. The number of esters is 3. The summed E-state index contributed by atoms with van der Waals surface area (Å²) in [5.74, 6) is -1.31. The highest BCUT2D eigenvalue weighted by molar-refractivity contribution is 5.92. The summed E-state index contributed by atoms with van der Waals surface area (Å²) < 4.78 is 42.4. The first-order valence-electron chi connectivity index (χ1n) is 12.9. The van der Waals surface area contributed by atoms with Gasteiger partial charge in [-0.3, -0.25) is 0 Å². The average Bonchev–Trinajstić information content (AvgIpc) is 3.58. The van der Waals surface area contributed by atoms with Gasteiger partial charge in [-0.2, -0.15) is 0 Å². The van der Waals surface area contributed by atoms with E-state index in [1.165, 1.54) is 48.5 Å². The maximum Gasteiger partial charge on any atom is 0.513 e. The summed E-state index contributed by atoms with van der Waals surface area (Å²) in [5.41, 5.74) is 0.490. The number of carbonyl (C=O) groups excluding carboxylic acids is 4. The van der Waals surface area contributed by atoms with Crippen LogP contribution in [-0.2, 0) is 33.2 Å². The number of carbonyl (C=O) groups is 4. The van der Waals surface area contributed by atoms with E-state index in [2.05, 4.69) is 6.58 Å². The Balaban J connectivity index is 1.18. The van der Waals surface area contributed by atoms with Gasteiger partial charge in [0.15, 0.2) is 6.10 Å². The molecule has 0 spiro atoms. The fourth-order valence-corrected chi connectivity index (χ4v) is 4.14. The molecule has 0 N–H and O–H groups in total. The van der Waals surface area contributed by atoms with Crippen molar-refractivity contribution in [3.8, 4) is 11.5 Å². The van der Waals surface area contributed by atoms with E-state index in [-0.39, 0.29) is 60.8 Å². The van der Waals surface area contributed by atoms with Crippen LogP contribution < -0.4 is 9.47 Å². The Morgan fingerprint density at radius 3 is 1.93 bits per heavy atom. The lowest BCUT2D eigenvalue weighted by Gasteiger charge is -2.16. The van der Waals surface area contributed by atoms with Gasteiger partial charge >= 0.3 is 24.1 Å². The molecule has 0 saturated carbocycles. The quantitative estimate of drug-likeness (QED) is 0.0923. The van der Waals surface area contributed by atoms with E-state index in [0.29, 0.717) is 19.4 Å². The van der Waals surface area contributed by atoms with Gasteiger partial charge in [0.25, 0.3) is 0 Å². The molecule has 2 aliphatic heterocycles. The van der Waals surface area contributed by atoms with Crippen LogP contribution >= 0.6 is 0 Å². The second-order valence-corrected chi connectivity index (χ2v) is 9.03. The summed E-state index contributed by atoms with van der Waals surface area (Å²) in [7, 11) is 1.58. The van der Waals surface area contributed by atoms with Crippen LogP contribution in [-0.4, -0.2) is 82.0 Å². The Kier molecular flexibility index (Phi) is 10.4. The molecule has 4 atom stereocenters. The summed E-state index contributed by atoms with van der Waals surface area (Å²) in [6, 6.07) is 11.6. The van der Waals surface area contributed by atoms with E-state index in [1.807, 2.05) is 0 Å². The fraction of sp³-hybridized carbons (Fsp3) is 0.379. The Morgan fingerprint density at radius 1 is 0.780 bits per heavy atom. The number of fused-ring (bicyclic) bond motifs is 1. The molecule has 4 rings (SSSR count). The zero-order valence-corrected chi connectivity index (χ0v) is 22.4. The third-order valence-electron chi connectivity index (χ3n) is 6.29. The zero-order chi connectivity index (χ0) is 29.2. The monoisotopic (exact) mass is 570 g/mol. The molecule has 2 heterocycles. The molecule has 2 aromatic carbocycles. The summed E-state index contributed by atoms with van der Waals surface area (Å²) in [5, 5.41) is 0. The highest BCUT2D eigenvalue weighted by Gasteiger charge is 2.49. The zero-order valence-electron chi connectivity index (χ0n) is 22.4. The molecule has 2 aromatic rings. The predicted molar refractivity (Wildman–Crippen MR) is 140 cm³/mol. The van der Waals surface area contributed by atoms with Crippen LogP contribution in [0.25, 0.3) is 0 Å². The van der Waals surface area contributed by atoms with Gasteiger partial charge < -0.3 is 37.9 Å². The Bertz CT molecular complexity index is 1220. The summed E-state index contributed by atoms with van der Waals surface area (Å²) in [6.45, 7) is 4.17. The molecule has 2 saturated heterocycles. The average molecular weight is 571 g/mol. The lowest BCUT2D eigenvalue weighted by atomic mass is 10.1. The Hall–Kier alpha value is -4.26. The first kappa shape index (κ1) is 29.7. The van der Waals surface area contributed by atoms with Gasteiger partial charge in [-0.15, -0.1) is 0 Å². The molecule has 0 amide bonds. The molecule has 41 heavy (non-hydrogen) atoms. The van der Waals surface area contributed by atoms with Crippen LogP contribution in [0, 0.1) is 0 Å². The minimum atomic E-state index is -0.905. The molecule has 0 aromatic heterocycles. The van der Waals surface area contributed by atoms with Crippen molar-refractivity contribution < 1.29 is 57.1 Å². The number of unbranched alkanes of at least 4 members (excludes halogenated alkanes) is 1. The molecule has 0 radical (unpaired) electrons. The van der Waals surface area contributed by atoms with Crippen LogP contribution in [0.1, 0.15) is 33.6 Å². The minimum absolute atomic E-state index is 0.0879. The standard InChI is InChI=1S/C29H30O12/c1-3-24(30)35-14-4-5-15-36-29(33)40-21-12-8-18(9-13-21)27(31)39-20-10-6-19(7-11-20)28(32)41-23-17-38-25-22(34-2)16-37-26(23)25/h3,6-13,22-23,25-26H,1,4-5,14-17H2,2H3/t22-,23+,25?,26?/m1/s1. The van der Waals surface area contributed by atoms with Crippen LogP contribution in [0.5, 0.6) is 11.5 Å². The van der Waals surface area contributed by atoms with E-state index in [4.69, 9.17) is 37.9 Å². The molecular weight excluding hydrogens is 540 g/mol. The first-order chi connectivity index (χ1) is 19.9. The molecule has 2 fully saturated rings. The summed E-state index contributed by atoms with van der Waals surface area (Å²) in [6.07, 6.45) is -0.225. The molecule has 2 unspecified atom stereocenters. The fourth-order valence-electron chi connectivity index (χ4n) is 4.14. The van der Waals surface area contributed by atoms with Crippen LogP contribution in [0.15, 0.2) is 61.2 Å². The number of methoxy groups -OCH3 is 1.